The Morgan fingerprint density at radius 1 is 1.19 bits per heavy atom. The lowest BCUT2D eigenvalue weighted by molar-refractivity contribution is 0.169. The minimum absolute atomic E-state index is 0.617. The molecule has 1 aliphatic heterocycles. The second kappa shape index (κ2) is 3.30. The summed E-state index contributed by atoms with van der Waals surface area (Å²) in [5, 5.41) is 10.4. The standard InChI is InChI=1S/C14H14O2/c1-14(15)7-11-8-16-9-12(11)13(14)10-5-3-2-4-6-10/h2-7,15H,8-9H2,1H3. The quantitative estimate of drug-likeness (QED) is 0.776. The van der Waals surface area contributed by atoms with Gasteiger partial charge in [0.15, 0.2) is 0 Å². The first kappa shape index (κ1) is 9.82. The molecule has 1 fully saturated rings. The molecule has 3 rings (SSSR count). The molecule has 0 amide bonds. The highest BCUT2D eigenvalue weighted by Crippen LogP contribution is 2.43. The summed E-state index contributed by atoms with van der Waals surface area (Å²) in [6.45, 7) is 3.09. The minimum Gasteiger partial charge on any atom is -0.381 e. The van der Waals surface area contributed by atoms with E-state index in [9.17, 15) is 5.11 Å². The zero-order valence-corrected chi connectivity index (χ0v) is 9.23. The zero-order chi connectivity index (χ0) is 11.2. The highest BCUT2D eigenvalue weighted by atomic mass is 16.5. The molecule has 1 aromatic rings. The van der Waals surface area contributed by atoms with Crippen molar-refractivity contribution in [2.75, 3.05) is 13.2 Å². The molecule has 1 aromatic carbocycles. The molecule has 1 atom stereocenters. The van der Waals surface area contributed by atoms with Crippen LogP contribution in [0.2, 0.25) is 0 Å². The van der Waals surface area contributed by atoms with E-state index in [-0.39, 0.29) is 0 Å². The number of benzene rings is 1. The first-order valence-corrected chi connectivity index (χ1v) is 5.50. The van der Waals surface area contributed by atoms with Crippen LogP contribution in [0.1, 0.15) is 12.5 Å². The Kier molecular flexibility index (Phi) is 2.03. The molecule has 82 valence electrons. The van der Waals surface area contributed by atoms with Gasteiger partial charge in [0.2, 0.25) is 0 Å². The molecule has 0 aromatic heterocycles. The van der Waals surface area contributed by atoms with Crippen LogP contribution >= 0.6 is 0 Å². The summed E-state index contributed by atoms with van der Waals surface area (Å²) >= 11 is 0. The smallest absolute Gasteiger partial charge is 0.107 e. The van der Waals surface area contributed by atoms with E-state index in [2.05, 4.69) is 0 Å². The first-order valence-electron chi connectivity index (χ1n) is 5.50. The van der Waals surface area contributed by atoms with E-state index in [1.165, 1.54) is 0 Å². The summed E-state index contributed by atoms with van der Waals surface area (Å²) < 4.78 is 5.42. The van der Waals surface area contributed by atoms with Crippen molar-refractivity contribution < 1.29 is 9.84 Å². The highest BCUT2D eigenvalue weighted by molar-refractivity contribution is 5.84. The molecule has 1 N–H and O–H groups in total. The molecule has 2 nitrogen and oxygen atoms in total. The zero-order valence-electron chi connectivity index (χ0n) is 9.23. The molecule has 2 aliphatic rings. The van der Waals surface area contributed by atoms with Crippen molar-refractivity contribution in [3.63, 3.8) is 0 Å². The third-order valence-electron chi connectivity index (χ3n) is 3.22. The monoisotopic (exact) mass is 214 g/mol. The third kappa shape index (κ3) is 1.34. The molecule has 1 saturated heterocycles. The molecule has 1 unspecified atom stereocenters. The Labute approximate surface area is 94.9 Å². The molecule has 16 heavy (non-hydrogen) atoms. The van der Waals surface area contributed by atoms with Gasteiger partial charge in [0.25, 0.3) is 0 Å². The van der Waals surface area contributed by atoms with Crippen molar-refractivity contribution in [2.45, 2.75) is 12.5 Å². The van der Waals surface area contributed by atoms with Crippen molar-refractivity contribution in [1.29, 1.82) is 0 Å². The second-order valence-corrected chi connectivity index (χ2v) is 4.53. The van der Waals surface area contributed by atoms with Gasteiger partial charge in [-0.2, -0.15) is 0 Å². The fourth-order valence-electron chi connectivity index (χ4n) is 2.59. The van der Waals surface area contributed by atoms with Gasteiger partial charge in [-0.05, 0) is 29.7 Å². The number of fused-ring (bicyclic) bond motifs is 1. The van der Waals surface area contributed by atoms with Crippen LogP contribution in [-0.2, 0) is 4.74 Å². The van der Waals surface area contributed by atoms with Crippen molar-refractivity contribution in [1.82, 2.24) is 0 Å². The summed E-state index contributed by atoms with van der Waals surface area (Å²) in [6, 6.07) is 10.0. The van der Waals surface area contributed by atoms with Gasteiger partial charge in [-0.25, -0.2) is 0 Å². The lowest BCUT2D eigenvalue weighted by atomic mass is 9.91. The maximum absolute atomic E-state index is 10.4. The maximum atomic E-state index is 10.4. The van der Waals surface area contributed by atoms with Crippen LogP contribution in [-0.4, -0.2) is 23.9 Å². The molecule has 0 saturated carbocycles. The summed E-state index contributed by atoms with van der Waals surface area (Å²) in [5.74, 6) is 0. The van der Waals surface area contributed by atoms with Gasteiger partial charge in [-0.1, -0.05) is 30.3 Å². The Hall–Kier alpha value is -1.38. The van der Waals surface area contributed by atoms with Gasteiger partial charge >= 0.3 is 0 Å². The molecule has 0 spiro atoms. The van der Waals surface area contributed by atoms with Crippen LogP contribution in [0.25, 0.3) is 5.57 Å². The van der Waals surface area contributed by atoms with Crippen LogP contribution < -0.4 is 0 Å². The molecular formula is C14H14O2. The van der Waals surface area contributed by atoms with E-state index in [1.54, 1.807) is 0 Å². The fraction of sp³-hybridized carbons (Fsp3) is 0.286. The maximum Gasteiger partial charge on any atom is 0.107 e. The van der Waals surface area contributed by atoms with Crippen LogP contribution in [0.3, 0.4) is 0 Å². The third-order valence-corrected chi connectivity index (χ3v) is 3.22. The van der Waals surface area contributed by atoms with Crippen LogP contribution in [0.5, 0.6) is 0 Å². The van der Waals surface area contributed by atoms with E-state index in [1.807, 2.05) is 43.3 Å². The Bertz CT molecular complexity index is 481. The van der Waals surface area contributed by atoms with Crippen molar-refractivity contribution in [2.24, 2.45) is 0 Å². The second-order valence-electron chi connectivity index (χ2n) is 4.53. The van der Waals surface area contributed by atoms with Gasteiger partial charge < -0.3 is 9.84 Å². The van der Waals surface area contributed by atoms with Gasteiger partial charge in [0, 0.05) is 5.57 Å². The summed E-state index contributed by atoms with van der Waals surface area (Å²) in [7, 11) is 0. The minimum atomic E-state index is -0.851. The number of aliphatic hydroxyl groups is 1. The normalized spacial score (nSPS) is 28.2. The number of hydrogen-bond acceptors (Lipinski definition) is 2. The van der Waals surface area contributed by atoms with Crippen molar-refractivity contribution in [3.8, 4) is 0 Å². The van der Waals surface area contributed by atoms with Crippen LogP contribution in [0, 0.1) is 0 Å². The molecule has 1 heterocycles. The van der Waals surface area contributed by atoms with Gasteiger partial charge in [0.1, 0.15) is 5.60 Å². The lowest BCUT2D eigenvalue weighted by Crippen LogP contribution is -2.21. The number of rotatable bonds is 1. The summed E-state index contributed by atoms with van der Waals surface area (Å²) in [6.07, 6.45) is 1.91. The van der Waals surface area contributed by atoms with Crippen molar-refractivity contribution >= 4 is 5.57 Å². The van der Waals surface area contributed by atoms with Crippen molar-refractivity contribution in [3.05, 3.63) is 53.1 Å². The van der Waals surface area contributed by atoms with Gasteiger partial charge in [0.05, 0.1) is 13.2 Å². The van der Waals surface area contributed by atoms with Gasteiger partial charge in [-0.3, -0.25) is 0 Å². The summed E-state index contributed by atoms with van der Waals surface area (Å²) in [5.41, 5.74) is 3.54. The van der Waals surface area contributed by atoms with Gasteiger partial charge in [-0.15, -0.1) is 0 Å². The Balaban J connectivity index is 2.17. The highest BCUT2D eigenvalue weighted by Gasteiger charge is 2.37. The topological polar surface area (TPSA) is 29.5 Å². The molecule has 0 bridgehead atoms. The predicted octanol–water partition coefficient (Wildman–Crippen LogP) is 2.16. The SMILES string of the molecule is CC1(O)C=C2COCC2=C1c1ccccc1. The van der Waals surface area contributed by atoms with Crippen LogP contribution in [0.15, 0.2) is 47.6 Å². The lowest BCUT2D eigenvalue weighted by Gasteiger charge is -2.21. The number of hydrogen-bond donors (Lipinski definition) is 1. The summed E-state index contributed by atoms with van der Waals surface area (Å²) in [4.78, 5) is 0. The molecular weight excluding hydrogens is 200 g/mol. The van der Waals surface area contributed by atoms with E-state index < -0.39 is 5.60 Å². The first-order chi connectivity index (χ1) is 7.68. The van der Waals surface area contributed by atoms with E-state index in [0.29, 0.717) is 13.2 Å². The van der Waals surface area contributed by atoms with E-state index >= 15 is 0 Å². The largest absolute Gasteiger partial charge is 0.381 e. The number of ether oxygens (including phenoxy) is 1. The Morgan fingerprint density at radius 2 is 1.94 bits per heavy atom. The average molecular weight is 214 g/mol. The predicted molar refractivity (Wildman–Crippen MR) is 62.9 cm³/mol. The fourth-order valence-corrected chi connectivity index (χ4v) is 2.59. The van der Waals surface area contributed by atoms with E-state index in [4.69, 9.17) is 4.74 Å². The van der Waals surface area contributed by atoms with E-state index in [0.717, 1.165) is 22.3 Å². The molecule has 0 radical (unpaired) electrons. The van der Waals surface area contributed by atoms with Crippen LogP contribution in [0.4, 0.5) is 0 Å². The molecule has 2 heteroatoms. The average Bonchev–Trinajstić information content (AvgIpc) is 2.75. The Morgan fingerprint density at radius 3 is 2.69 bits per heavy atom. The molecule has 1 aliphatic carbocycles.